The van der Waals surface area contributed by atoms with Crippen molar-refractivity contribution in [3.8, 4) is 5.75 Å². The van der Waals surface area contributed by atoms with Crippen LogP contribution in [0.2, 0.25) is 0 Å². The largest absolute Gasteiger partial charge is 0.494 e. The van der Waals surface area contributed by atoms with E-state index < -0.39 is 0 Å². The molecule has 0 aliphatic rings. The van der Waals surface area contributed by atoms with Crippen LogP contribution in [0.15, 0.2) is 24.3 Å². The normalized spacial score (nSPS) is 12.5. The highest BCUT2D eigenvalue weighted by Gasteiger charge is 2.08. The van der Waals surface area contributed by atoms with Gasteiger partial charge in [-0.05, 0) is 19.4 Å². The second-order valence-electron chi connectivity index (χ2n) is 2.99. The van der Waals surface area contributed by atoms with Gasteiger partial charge in [0, 0.05) is 11.6 Å². The van der Waals surface area contributed by atoms with Gasteiger partial charge in [-0.1, -0.05) is 25.1 Å². The van der Waals surface area contributed by atoms with E-state index in [0.717, 1.165) is 17.7 Å². The molecular formula is C11H17NO. The van der Waals surface area contributed by atoms with Crippen molar-refractivity contribution in [1.82, 2.24) is 0 Å². The van der Waals surface area contributed by atoms with Crippen LogP contribution < -0.4 is 10.5 Å². The van der Waals surface area contributed by atoms with Crippen molar-refractivity contribution in [2.75, 3.05) is 6.61 Å². The average Bonchev–Trinajstić information content (AvgIpc) is 2.18. The molecule has 0 spiro atoms. The monoisotopic (exact) mass is 179 g/mol. The third-order valence-electron chi connectivity index (χ3n) is 2.06. The Morgan fingerprint density at radius 1 is 1.31 bits per heavy atom. The van der Waals surface area contributed by atoms with Gasteiger partial charge >= 0.3 is 0 Å². The molecule has 0 amide bonds. The van der Waals surface area contributed by atoms with Crippen LogP contribution in [0, 0.1) is 0 Å². The van der Waals surface area contributed by atoms with E-state index in [9.17, 15) is 0 Å². The zero-order valence-electron chi connectivity index (χ0n) is 8.29. The zero-order valence-corrected chi connectivity index (χ0v) is 8.29. The van der Waals surface area contributed by atoms with E-state index in [4.69, 9.17) is 10.5 Å². The van der Waals surface area contributed by atoms with Gasteiger partial charge in [-0.25, -0.2) is 0 Å². The fraction of sp³-hybridized carbons (Fsp3) is 0.455. The van der Waals surface area contributed by atoms with Crippen molar-refractivity contribution in [1.29, 1.82) is 0 Å². The number of ether oxygens (including phenoxy) is 1. The molecule has 2 N–H and O–H groups in total. The molecule has 1 unspecified atom stereocenters. The molecule has 72 valence electrons. The molecule has 0 aliphatic heterocycles. The van der Waals surface area contributed by atoms with Gasteiger partial charge in [-0.15, -0.1) is 0 Å². The van der Waals surface area contributed by atoms with E-state index >= 15 is 0 Å². The van der Waals surface area contributed by atoms with Crippen LogP contribution in [0.25, 0.3) is 0 Å². The number of nitrogens with two attached hydrogens (primary N) is 1. The minimum absolute atomic E-state index is 0.0859. The Morgan fingerprint density at radius 2 is 2.00 bits per heavy atom. The summed E-state index contributed by atoms with van der Waals surface area (Å²) in [5.41, 5.74) is 7.05. The number of hydrogen-bond acceptors (Lipinski definition) is 2. The molecule has 1 aromatic carbocycles. The fourth-order valence-electron chi connectivity index (χ4n) is 1.29. The molecule has 13 heavy (non-hydrogen) atoms. The molecule has 0 saturated heterocycles. The van der Waals surface area contributed by atoms with Gasteiger partial charge in [0.25, 0.3) is 0 Å². The lowest BCUT2D eigenvalue weighted by atomic mass is 10.0. The van der Waals surface area contributed by atoms with Crippen molar-refractivity contribution in [2.24, 2.45) is 5.73 Å². The minimum Gasteiger partial charge on any atom is -0.494 e. The molecule has 2 heteroatoms. The smallest absolute Gasteiger partial charge is 0.124 e. The molecule has 1 atom stereocenters. The van der Waals surface area contributed by atoms with Crippen LogP contribution in [0.4, 0.5) is 0 Å². The van der Waals surface area contributed by atoms with Gasteiger partial charge in [0.2, 0.25) is 0 Å². The van der Waals surface area contributed by atoms with Crippen LogP contribution in [-0.4, -0.2) is 6.61 Å². The summed E-state index contributed by atoms with van der Waals surface area (Å²) < 4.78 is 5.48. The molecule has 0 fully saturated rings. The lowest BCUT2D eigenvalue weighted by molar-refractivity contribution is 0.334. The zero-order chi connectivity index (χ0) is 9.68. The molecule has 0 radical (unpaired) electrons. The predicted molar refractivity (Wildman–Crippen MR) is 54.8 cm³/mol. The Bertz CT molecular complexity index is 260. The lowest BCUT2D eigenvalue weighted by Gasteiger charge is -2.14. The lowest BCUT2D eigenvalue weighted by Crippen LogP contribution is -2.10. The SMILES string of the molecule is CCOc1ccccc1C(N)CC. The number of para-hydroxylation sites is 1. The number of rotatable bonds is 4. The van der Waals surface area contributed by atoms with E-state index in [2.05, 4.69) is 6.92 Å². The summed E-state index contributed by atoms with van der Waals surface area (Å²) in [6, 6.07) is 8.04. The Kier molecular flexibility index (Phi) is 3.77. The Labute approximate surface area is 79.7 Å². The molecule has 0 heterocycles. The second-order valence-corrected chi connectivity index (χ2v) is 2.99. The molecule has 0 aliphatic carbocycles. The van der Waals surface area contributed by atoms with E-state index in [-0.39, 0.29) is 6.04 Å². The van der Waals surface area contributed by atoms with Crippen molar-refractivity contribution in [2.45, 2.75) is 26.3 Å². The summed E-state index contributed by atoms with van der Waals surface area (Å²) in [6.07, 6.45) is 0.935. The highest BCUT2D eigenvalue weighted by atomic mass is 16.5. The van der Waals surface area contributed by atoms with Gasteiger partial charge < -0.3 is 10.5 Å². The van der Waals surface area contributed by atoms with E-state index in [1.807, 2.05) is 31.2 Å². The highest BCUT2D eigenvalue weighted by Crippen LogP contribution is 2.24. The average molecular weight is 179 g/mol. The number of benzene rings is 1. The predicted octanol–water partition coefficient (Wildman–Crippen LogP) is 2.50. The maximum atomic E-state index is 5.95. The summed E-state index contributed by atoms with van der Waals surface area (Å²) >= 11 is 0. The third-order valence-corrected chi connectivity index (χ3v) is 2.06. The van der Waals surface area contributed by atoms with Gasteiger partial charge in [0.1, 0.15) is 5.75 Å². The van der Waals surface area contributed by atoms with Crippen molar-refractivity contribution < 1.29 is 4.74 Å². The Hall–Kier alpha value is -1.02. The van der Waals surface area contributed by atoms with E-state index in [1.165, 1.54) is 0 Å². The Morgan fingerprint density at radius 3 is 2.62 bits per heavy atom. The molecular weight excluding hydrogens is 162 g/mol. The summed E-state index contributed by atoms with van der Waals surface area (Å²) in [4.78, 5) is 0. The quantitative estimate of drug-likeness (QED) is 0.770. The molecule has 0 bridgehead atoms. The van der Waals surface area contributed by atoms with Crippen LogP contribution in [0.3, 0.4) is 0 Å². The third kappa shape index (κ3) is 2.46. The van der Waals surface area contributed by atoms with Crippen molar-refractivity contribution in [3.63, 3.8) is 0 Å². The van der Waals surface area contributed by atoms with Crippen molar-refractivity contribution >= 4 is 0 Å². The standard InChI is InChI=1S/C11H17NO/c1-3-10(12)9-7-5-6-8-11(9)13-4-2/h5-8,10H,3-4,12H2,1-2H3. The summed E-state index contributed by atoms with van der Waals surface area (Å²) in [5, 5.41) is 0. The Balaban J connectivity index is 2.90. The topological polar surface area (TPSA) is 35.2 Å². The molecule has 2 nitrogen and oxygen atoms in total. The minimum atomic E-state index is 0.0859. The van der Waals surface area contributed by atoms with E-state index in [1.54, 1.807) is 0 Å². The summed E-state index contributed by atoms with van der Waals surface area (Å²) in [7, 11) is 0. The maximum Gasteiger partial charge on any atom is 0.124 e. The summed E-state index contributed by atoms with van der Waals surface area (Å²) in [6.45, 7) is 4.75. The fourth-order valence-corrected chi connectivity index (χ4v) is 1.29. The first-order valence-electron chi connectivity index (χ1n) is 4.76. The first kappa shape index (κ1) is 10.1. The van der Waals surface area contributed by atoms with Gasteiger partial charge in [-0.3, -0.25) is 0 Å². The maximum absolute atomic E-state index is 5.95. The number of hydrogen-bond donors (Lipinski definition) is 1. The van der Waals surface area contributed by atoms with E-state index in [0.29, 0.717) is 6.61 Å². The first-order chi connectivity index (χ1) is 6.29. The molecule has 0 saturated carbocycles. The van der Waals surface area contributed by atoms with Crippen molar-refractivity contribution in [3.05, 3.63) is 29.8 Å². The molecule has 1 aromatic rings. The van der Waals surface area contributed by atoms with Crippen LogP contribution in [0.5, 0.6) is 5.75 Å². The first-order valence-corrected chi connectivity index (χ1v) is 4.76. The van der Waals surface area contributed by atoms with Crippen LogP contribution in [0.1, 0.15) is 31.9 Å². The van der Waals surface area contributed by atoms with Crippen LogP contribution in [-0.2, 0) is 0 Å². The summed E-state index contributed by atoms with van der Waals surface area (Å²) in [5.74, 6) is 0.916. The second kappa shape index (κ2) is 4.87. The molecule has 0 aromatic heterocycles. The van der Waals surface area contributed by atoms with Gasteiger partial charge in [-0.2, -0.15) is 0 Å². The van der Waals surface area contributed by atoms with Crippen LogP contribution >= 0.6 is 0 Å². The highest BCUT2D eigenvalue weighted by molar-refractivity contribution is 5.35. The van der Waals surface area contributed by atoms with Gasteiger partial charge in [0.05, 0.1) is 6.61 Å². The van der Waals surface area contributed by atoms with Gasteiger partial charge in [0.15, 0.2) is 0 Å². The molecule has 1 rings (SSSR count).